The van der Waals surface area contributed by atoms with E-state index in [1.165, 1.54) is 12.1 Å². The van der Waals surface area contributed by atoms with E-state index in [0.29, 0.717) is 12.1 Å². The highest BCUT2D eigenvalue weighted by atomic mass is 35.5. The third kappa shape index (κ3) is 3.44. The number of amides is 2. The number of hydrogen-bond donors (Lipinski definition) is 3. The molecule has 1 unspecified atom stereocenters. The summed E-state index contributed by atoms with van der Waals surface area (Å²) in [6.07, 6.45) is 0.541. The molecule has 5 nitrogen and oxygen atoms in total. The molecule has 1 aromatic rings. The van der Waals surface area contributed by atoms with Crippen molar-refractivity contribution in [2.24, 2.45) is 11.5 Å². The van der Waals surface area contributed by atoms with Gasteiger partial charge in [0.1, 0.15) is 0 Å². The van der Waals surface area contributed by atoms with E-state index in [-0.39, 0.29) is 16.5 Å². The van der Waals surface area contributed by atoms with Gasteiger partial charge in [0.25, 0.3) is 0 Å². The molecular weight excluding hydrogens is 242 g/mol. The average molecular weight is 256 g/mol. The second-order valence-electron chi connectivity index (χ2n) is 3.56. The summed E-state index contributed by atoms with van der Waals surface area (Å²) in [5, 5.41) is 2.79. The van der Waals surface area contributed by atoms with Crippen LogP contribution in [0.4, 0.5) is 5.69 Å². The average Bonchev–Trinajstić information content (AvgIpc) is 2.27. The van der Waals surface area contributed by atoms with Crippen LogP contribution in [0.25, 0.3) is 0 Å². The Kier molecular flexibility index (Phi) is 4.48. The lowest BCUT2D eigenvalue weighted by Crippen LogP contribution is -2.34. The zero-order chi connectivity index (χ0) is 13.0. The maximum Gasteiger partial charge on any atom is 0.250 e. The van der Waals surface area contributed by atoms with Crippen molar-refractivity contribution >= 4 is 29.1 Å². The monoisotopic (exact) mass is 255 g/mol. The van der Waals surface area contributed by atoms with Gasteiger partial charge >= 0.3 is 0 Å². The Hall–Kier alpha value is -1.59. The van der Waals surface area contributed by atoms with Gasteiger partial charge in [-0.1, -0.05) is 18.5 Å². The second kappa shape index (κ2) is 5.65. The summed E-state index contributed by atoms with van der Waals surface area (Å²) in [4.78, 5) is 22.4. The lowest BCUT2D eigenvalue weighted by molar-refractivity contribution is -0.117. The van der Waals surface area contributed by atoms with Gasteiger partial charge in [-0.3, -0.25) is 9.59 Å². The number of carbonyl (C=O) groups excluding carboxylic acids is 2. The summed E-state index contributed by atoms with van der Waals surface area (Å²) in [5.41, 5.74) is 11.4. The van der Waals surface area contributed by atoms with Crippen LogP contribution < -0.4 is 16.8 Å². The third-order valence-corrected chi connectivity index (χ3v) is 2.59. The number of carbonyl (C=O) groups is 2. The van der Waals surface area contributed by atoms with Gasteiger partial charge in [-0.25, -0.2) is 0 Å². The Bertz CT molecular complexity index is 448. The minimum atomic E-state index is -0.613. The molecule has 0 heterocycles. The van der Waals surface area contributed by atoms with Crippen LogP contribution in [0.2, 0.25) is 5.02 Å². The van der Waals surface area contributed by atoms with Crippen LogP contribution in [0, 0.1) is 0 Å². The molecule has 2 amide bonds. The molecule has 1 rings (SSSR count). The molecule has 1 atom stereocenters. The van der Waals surface area contributed by atoms with E-state index in [4.69, 9.17) is 23.1 Å². The highest BCUT2D eigenvalue weighted by Gasteiger charge is 2.12. The normalized spacial score (nSPS) is 11.9. The van der Waals surface area contributed by atoms with E-state index >= 15 is 0 Å². The van der Waals surface area contributed by atoms with Gasteiger partial charge < -0.3 is 16.8 Å². The van der Waals surface area contributed by atoms with E-state index in [2.05, 4.69) is 5.32 Å². The van der Waals surface area contributed by atoms with Crippen molar-refractivity contribution in [3.8, 4) is 0 Å². The Labute approximate surface area is 104 Å². The number of rotatable bonds is 4. The molecule has 0 aromatic heterocycles. The van der Waals surface area contributed by atoms with E-state index in [1.54, 1.807) is 6.07 Å². The number of nitrogens with one attached hydrogen (secondary N) is 1. The molecule has 92 valence electrons. The van der Waals surface area contributed by atoms with Gasteiger partial charge in [0.15, 0.2) is 0 Å². The molecule has 0 aliphatic rings. The van der Waals surface area contributed by atoms with Gasteiger partial charge in [0, 0.05) is 5.69 Å². The zero-order valence-corrected chi connectivity index (χ0v) is 10.1. The van der Waals surface area contributed by atoms with Crippen LogP contribution in [0.5, 0.6) is 0 Å². The topological polar surface area (TPSA) is 98.2 Å². The Balaban J connectivity index is 2.84. The molecule has 0 radical (unpaired) electrons. The molecule has 0 saturated carbocycles. The molecule has 0 aliphatic carbocycles. The van der Waals surface area contributed by atoms with Crippen LogP contribution >= 0.6 is 11.6 Å². The maximum atomic E-state index is 11.5. The summed E-state index contributed by atoms with van der Waals surface area (Å²) in [6.45, 7) is 1.81. The van der Waals surface area contributed by atoms with E-state index in [9.17, 15) is 9.59 Å². The Morgan fingerprint density at radius 3 is 2.59 bits per heavy atom. The van der Waals surface area contributed by atoms with Gasteiger partial charge in [-0.05, 0) is 24.6 Å². The highest BCUT2D eigenvalue weighted by molar-refractivity contribution is 6.34. The molecule has 0 aliphatic heterocycles. The summed E-state index contributed by atoms with van der Waals surface area (Å²) in [7, 11) is 0. The van der Waals surface area contributed by atoms with Gasteiger partial charge in [0.05, 0.1) is 16.6 Å². The molecular formula is C11H14ClN3O2. The van der Waals surface area contributed by atoms with Gasteiger partial charge in [-0.15, -0.1) is 0 Å². The van der Waals surface area contributed by atoms with Crippen molar-refractivity contribution in [2.45, 2.75) is 19.4 Å². The lowest BCUT2D eigenvalue weighted by Gasteiger charge is -2.10. The van der Waals surface area contributed by atoms with Crippen molar-refractivity contribution in [1.29, 1.82) is 0 Å². The van der Waals surface area contributed by atoms with E-state index in [1.807, 2.05) is 6.92 Å². The molecule has 5 N–H and O–H groups in total. The minimum Gasteiger partial charge on any atom is -0.366 e. The number of anilines is 1. The highest BCUT2D eigenvalue weighted by Crippen LogP contribution is 2.20. The Morgan fingerprint density at radius 1 is 1.47 bits per heavy atom. The standard InChI is InChI=1S/C11H14ClN3O2/c1-2-9(13)11(17)15-6-3-4-7(10(14)16)8(12)5-6/h3-5,9H,2,13H2,1H3,(H2,14,16)(H,15,17). The minimum absolute atomic E-state index is 0.195. The van der Waals surface area contributed by atoms with Crippen LogP contribution in [-0.4, -0.2) is 17.9 Å². The summed E-state index contributed by atoms with van der Waals surface area (Å²) < 4.78 is 0. The fourth-order valence-corrected chi connectivity index (χ4v) is 1.49. The smallest absolute Gasteiger partial charge is 0.250 e. The first-order valence-electron chi connectivity index (χ1n) is 5.11. The number of primary amides is 1. The molecule has 6 heteroatoms. The van der Waals surface area contributed by atoms with Gasteiger partial charge in [-0.2, -0.15) is 0 Å². The largest absolute Gasteiger partial charge is 0.366 e. The summed E-state index contributed by atoms with van der Waals surface area (Å²) in [5.74, 6) is -0.909. The van der Waals surface area contributed by atoms with Crippen LogP contribution in [0.3, 0.4) is 0 Å². The quantitative estimate of drug-likeness (QED) is 0.752. The molecule has 0 saturated heterocycles. The van der Waals surface area contributed by atoms with Crippen molar-refractivity contribution in [1.82, 2.24) is 0 Å². The van der Waals surface area contributed by atoms with Crippen molar-refractivity contribution in [3.63, 3.8) is 0 Å². The predicted molar refractivity (Wildman–Crippen MR) is 66.9 cm³/mol. The van der Waals surface area contributed by atoms with E-state index < -0.39 is 11.9 Å². The predicted octanol–water partition coefficient (Wildman–Crippen LogP) is 1.11. The second-order valence-corrected chi connectivity index (χ2v) is 3.97. The number of benzene rings is 1. The van der Waals surface area contributed by atoms with Crippen LogP contribution in [0.1, 0.15) is 23.7 Å². The molecule has 0 fully saturated rings. The van der Waals surface area contributed by atoms with E-state index in [0.717, 1.165) is 0 Å². The molecule has 0 spiro atoms. The summed E-state index contributed by atoms with van der Waals surface area (Å²) in [6, 6.07) is 3.90. The SMILES string of the molecule is CCC(N)C(=O)Nc1ccc(C(N)=O)c(Cl)c1. The first-order chi connectivity index (χ1) is 7.95. The molecule has 17 heavy (non-hydrogen) atoms. The first-order valence-corrected chi connectivity index (χ1v) is 5.49. The number of halogens is 1. The summed E-state index contributed by atoms with van der Waals surface area (Å²) >= 11 is 5.84. The zero-order valence-electron chi connectivity index (χ0n) is 9.37. The number of hydrogen-bond acceptors (Lipinski definition) is 3. The fraction of sp³-hybridized carbons (Fsp3) is 0.273. The fourth-order valence-electron chi connectivity index (χ4n) is 1.21. The molecule has 0 bridgehead atoms. The molecule has 1 aromatic carbocycles. The third-order valence-electron chi connectivity index (χ3n) is 2.28. The van der Waals surface area contributed by atoms with Crippen molar-refractivity contribution < 1.29 is 9.59 Å². The van der Waals surface area contributed by atoms with Crippen LogP contribution in [-0.2, 0) is 4.79 Å². The maximum absolute atomic E-state index is 11.5. The van der Waals surface area contributed by atoms with Crippen molar-refractivity contribution in [2.75, 3.05) is 5.32 Å². The van der Waals surface area contributed by atoms with Crippen molar-refractivity contribution in [3.05, 3.63) is 28.8 Å². The van der Waals surface area contributed by atoms with Crippen LogP contribution in [0.15, 0.2) is 18.2 Å². The Morgan fingerprint density at radius 2 is 2.12 bits per heavy atom. The number of nitrogens with two attached hydrogens (primary N) is 2. The first kappa shape index (κ1) is 13.5. The lowest BCUT2D eigenvalue weighted by atomic mass is 10.2. The van der Waals surface area contributed by atoms with Gasteiger partial charge in [0.2, 0.25) is 11.8 Å².